The van der Waals surface area contributed by atoms with Crippen LogP contribution in [0.3, 0.4) is 0 Å². The van der Waals surface area contributed by atoms with Gasteiger partial charge in [-0.1, -0.05) is 39.0 Å². The van der Waals surface area contributed by atoms with Crippen molar-refractivity contribution in [1.29, 1.82) is 5.26 Å². The number of nitriles is 1. The molecular weight excluding hydrogens is 288 g/mol. The van der Waals surface area contributed by atoms with Crippen molar-refractivity contribution in [2.75, 3.05) is 6.61 Å². The molecule has 0 N–H and O–H groups in total. The second kappa shape index (κ2) is 5.98. The Morgan fingerprint density at radius 1 is 1.22 bits per heavy atom. The number of rotatable bonds is 4. The summed E-state index contributed by atoms with van der Waals surface area (Å²) in [6, 6.07) is 9.78. The van der Waals surface area contributed by atoms with Crippen LogP contribution >= 0.6 is 0 Å². The summed E-state index contributed by atoms with van der Waals surface area (Å²) in [5, 5.41) is 9.64. The summed E-state index contributed by atoms with van der Waals surface area (Å²) < 4.78 is 11.6. The van der Waals surface area contributed by atoms with Gasteiger partial charge in [0.15, 0.2) is 0 Å². The van der Waals surface area contributed by atoms with Crippen LogP contribution in [0.5, 0.6) is 0 Å². The number of hydrogen-bond acceptors (Lipinski definition) is 4. The molecule has 1 unspecified atom stereocenters. The Kier molecular flexibility index (Phi) is 4.54. The van der Waals surface area contributed by atoms with E-state index in [1.54, 1.807) is 0 Å². The third-order valence-electron chi connectivity index (χ3n) is 3.61. The van der Waals surface area contributed by atoms with E-state index < -0.39 is 5.79 Å². The van der Waals surface area contributed by atoms with Gasteiger partial charge in [-0.05, 0) is 38.7 Å². The molecule has 23 heavy (non-hydrogen) atoms. The first-order valence-corrected chi connectivity index (χ1v) is 8.06. The predicted molar refractivity (Wildman–Crippen MR) is 91.1 cm³/mol. The van der Waals surface area contributed by atoms with Crippen LogP contribution in [0.25, 0.3) is 0 Å². The van der Waals surface area contributed by atoms with Crippen LogP contribution in [-0.2, 0) is 15.3 Å². The molecule has 0 amide bonds. The molecule has 0 fully saturated rings. The normalized spacial score (nSPS) is 22.6. The lowest BCUT2D eigenvalue weighted by Crippen LogP contribution is -2.30. The third-order valence-corrected chi connectivity index (χ3v) is 3.61. The lowest BCUT2D eigenvalue weighted by Gasteiger charge is -2.29. The van der Waals surface area contributed by atoms with Gasteiger partial charge in [-0.25, -0.2) is 4.99 Å². The fourth-order valence-corrected chi connectivity index (χ4v) is 3.32. The zero-order chi connectivity index (χ0) is 17.3. The lowest BCUT2D eigenvalue weighted by molar-refractivity contribution is -0.145. The van der Waals surface area contributed by atoms with Crippen LogP contribution in [0.1, 0.15) is 59.1 Å². The van der Waals surface area contributed by atoms with Gasteiger partial charge < -0.3 is 9.47 Å². The molecule has 1 aromatic rings. The Morgan fingerprint density at radius 3 is 2.43 bits per heavy atom. The molecule has 0 aromatic heterocycles. The predicted octanol–water partition coefficient (Wildman–Crippen LogP) is 4.39. The summed E-state index contributed by atoms with van der Waals surface area (Å²) in [5.74, 6) is -0.896. The molecule has 0 radical (unpaired) electrons. The number of benzene rings is 1. The Balaban J connectivity index is 2.47. The average molecular weight is 314 g/mol. The number of aliphatic imine (C=N–C) groups is 1. The van der Waals surface area contributed by atoms with E-state index in [1.165, 1.54) is 0 Å². The van der Waals surface area contributed by atoms with Crippen molar-refractivity contribution >= 4 is 5.90 Å². The van der Waals surface area contributed by atoms with Gasteiger partial charge >= 0.3 is 5.79 Å². The highest BCUT2D eigenvalue weighted by molar-refractivity contribution is 5.99. The summed E-state index contributed by atoms with van der Waals surface area (Å²) >= 11 is 0. The molecule has 0 spiro atoms. The van der Waals surface area contributed by atoms with Crippen LogP contribution in [0.2, 0.25) is 0 Å². The topological polar surface area (TPSA) is 54.6 Å². The minimum atomic E-state index is -1.39. The summed E-state index contributed by atoms with van der Waals surface area (Å²) in [6.45, 7) is 13.0. The molecule has 1 aromatic carbocycles. The summed E-state index contributed by atoms with van der Waals surface area (Å²) in [7, 11) is 0. The summed E-state index contributed by atoms with van der Waals surface area (Å²) in [5.41, 5.74) is 1.43. The van der Waals surface area contributed by atoms with Crippen molar-refractivity contribution in [3.63, 3.8) is 0 Å². The van der Waals surface area contributed by atoms with E-state index in [0.29, 0.717) is 12.5 Å². The first kappa shape index (κ1) is 17.5. The van der Waals surface area contributed by atoms with Gasteiger partial charge in [0.1, 0.15) is 6.07 Å². The second-order valence-electron chi connectivity index (χ2n) is 7.78. The molecular formula is C19H26N2O2. The maximum absolute atomic E-state index is 9.64. The van der Waals surface area contributed by atoms with E-state index in [4.69, 9.17) is 14.5 Å². The van der Waals surface area contributed by atoms with E-state index in [1.807, 2.05) is 31.2 Å². The fourth-order valence-electron chi connectivity index (χ4n) is 3.32. The fraction of sp³-hybridized carbons (Fsp3) is 0.579. The summed E-state index contributed by atoms with van der Waals surface area (Å²) in [4.78, 5) is 4.82. The van der Waals surface area contributed by atoms with Crippen molar-refractivity contribution in [2.45, 2.75) is 59.3 Å². The number of hydrogen-bond donors (Lipinski definition) is 0. The number of fused-ring (bicyclic) bond motifs is 1. The zero-order valence-corrected chi connectivity index (χ0v) is 14.9. The molecule has 1 atom stereocenters. The van der Waals surface area contributed by atoms with Gasteiger partial charge in [-0.15, -0.1) is 0 Å². The SMILES string of the molecule is CCOC1(C#N)OC(=NC(C)(C)CC(C)(C)C)c2ccccc21. The van der Waals surface area contributed by atoms with Crippen molar-refractivity contribution < 1.29 is 9.47 Å². The van der Waals surface area contributed by atoms with Gasteiger partial charge in [0.2, 0.25) is 5.90 Å². The van der Waals surface area contributed by atoms with Crippen LogP contribution < -0.4 is 0 Å². The maximum atomic E-state index is 9.64. The largest absolute Gasteiger partial charge is 0.427 e. The number of ether oxygens (including phenoxy) is 2. The highest BCUT2D eigenvalue weighted by atomic mass is 16.7. The molecule has 0 saturated heterocycles. The van der Waals surface area contributed by atoms with E-state index in [0.717, 1.165) is 17.5 Å². The van der Waals surface area contributed by atoms with E-state index in [9.17, 15) is 5.26 Å². The van der Waals surface area contributed by atoms with Crippen LogP contribution in [-0.4, -0.2) is 18.0 Å². The monoisotopic (exact) mass is 314 g/mol. The van der Waals surface area contributed by atoms with Crippen LogP contribution in [0, 0.1) is 16.7 Å². The Hall–Kier alpha value is -1.86. The Bertz CT molecular complexity index is 650. The smallest absolute Gasteiger partial charge is 0.330 e. The van der Waals surface area contributed by atoms with Gasteiger partial charge in [0, 0.05) is 12.2 Å². The average Bonchev–Trinajstić information content (AvgIpc) is 2.71. The molecule has 1 aliphatic rings. The van der Waals surface area contributed by atoms with Crippen molar-refractivity contribution in [1.82, 2.24) is 0 Å². The van der Waals surface area contributed by atoms with Crippen molar-refractivity contribution in [3.05, 3.63) is 35.4 Å². The first-order chi connectivity index (χ1) is 10.6. The summed E-state index contributed by atoms with van der Waals surface area (Å²) in [6.07, 6.45) is 0.906. The van der Waals surface area contributed by atoms with Crippen molar-refractivity contribution in [3.8, 4) is 6.07 Å². The van der Waals surface area contributed by atoms with E-state index >= 15 is 0 Å². The zero-order valence-electron chi connectivity index (χ0n) is 14.9. The highest BCUT2D eigenvalue weighted by Crippen LogP contribution is 2.39. The second-order valence-corrected chi connectivity index (χ2v) is 7.78. The molecule has 0 bridgehead atoms. The molecule has 4 heteroatoms. The van der Waals surface area contributed by atoms with Gasteiger partial charge in [0.05, 0.1) is 11.1 Å². The van der Waals surface area contributed by atoms with Gasteiger partial charge in [-0.2, -0.15) is 5.26 Å². The molecule has 124 valence electrons. The van der Waals surface area contributed by atoms with Crippen LogP contribution in [0.15, 0.2) is 29.3 Å². The molecule has 2 rings (SSSR count). The number of nitrogens with zero attached hydrogens (tertiary/aromatic N) is 2. The molecule has 4 nitrogen and oxygen atoms in total. The molecule has 1 heterocycles. The minimum absolute atomic E-state index is 0.151. The van der Waals surface area contributed by atoms with E-state index in [-0.39, 0.29) is 11.0 Å². The Labute approximate surface area is 139 Å². The molecule has 0 aliphatic carbocycles. The molecule has 1 aliphatic heterocycles. The van der Waals surface area contributed by atoms with Crippen molar-refractivity contribution in [2.24, 2.45) is 10.4 Å². The quantitative estimate of drug-likeness (QED) is 0.828. The lowest BCUT2D eigenvalue weighted by atomic mass is 9.82. The Morgan fingerprint density at radius 2 is 1.87 bits per heavy atom. The molecule has 0 saturated carbocycles. The maximum Gasteiger partial charge on any atom is 0.330 e. The van der Waals surface area contributed by atoms with Gasteiger partial charge in [-0.3, -0.25) is 0 Å². The highest BCUT2D eigenvalue weighted by Gasteiger charge is 2.46. The first-order valence-electron chi connectivity index (χ1n) is 8.06. The van der Waals surface area contributed by atoms with Gasteiger partial charge in [0.25, 0.3) is 0 Å². The van der Waals surface area contributed by atoms with Crippen LogP contribution in [0.4, 0.5) is 0 Å². The van der Waals surface area contributed by atoms with E-state index in [2.05, 4.69) is 40.7 Å². The third kappa shape index (κ3) is 3.73. The standard InChI is InChI=1S/C19H26N2O2/c1-7-22-19(13-20)15-11-9-8-10-14(15)16(23-19)21-18(5,6)12-17(2,3)4/h8-11H,7,12H2,1-6H3. The minimum Gasteiger partial charge on any atom is -0.427 e.